The first-order valence-corrected chi connectivity index (χ1v) is 16.4. The molecule has 47 heavy (non-hydrogen) atoms. The summed E-state index contributed by atoms with van der Waals surface area (Å²) in [7, 11) is 0. The second-order valence-electron chi connectivity index (χ2n) is 13.0. The minimum Gasteiger partial charge on any atom is -0.310 e. The summed E-state index contributed by atoms with van der Waals surface area (Å²) in [4.78, 5) is 2.41. The average Bonchev–Trinajstić information content (AvgIpc) is 3.59. The third-order valence-corrected chi connectivity index (χ3v) is 9.96. The van der Waals surface area contributed by atoms with Crippen LogP contribution in [0.3, 0.4) is 0 Å². The lowest BCUT2D eigenvalue weighted by Crippen LogP contribution is -2.16. The molecule has 1 aromatic heterocycles. The van der Waals surface area contributed by atoms with Crippen molar-refractivity contribution in [3.8, 4) is 27.9 Å². The van der Waals surface area contributed by atoms with Crippen molar-refractivity contribution in [2.75, 3.05) is 4.90 Å². The normalized spacial score (nSPS) is 13.1. The van der Waals surface area contributed by atoms with Crippen LogP contribution >= 0.6 is 0 Å². The van der Waals surface area contributed by atoms with Crippen molar-refractivity contribution in [1.82, 2.24) is 4.57 Å². The highest BCUT2D eigenvalue weighted by Gasteiger charge is 2.37. The van der Waals surface area contributed by atoms with E-state index < -0.39 is 0 Å². The Balaban J connectivity index is 1.23. The quantitative estimate of drug-likeness (QED) is 0.190. The van der Waals surface area contributed by atoms with Crippen molar-refractivity contribution in [3.63, 3.8) is 0 Å². The van der Waals surface area contributed by atoms with Crippen LogP contribution in [0, 0.1) is 0 Å². The van der Waals surface area contributed by atoms with E-state index in [1.165, 1.54) is 55.2 Å². The molecular weight excluding hydrogens is 569 g/mol. The van der Waals surface area contributed by atoms with Gasteiger partial charge in [0.2, 0.25) is 0 Å². The van der Waals surface area contributed by atoms with Gasteiger partial charge in [-0.3, -0.25) is 0 Å². The van der Waals surface area contributed by atoms with Crippen LogP contribution in [0.1, 0.15) is 25.0 Å². The predicted molar refractivity (Wildman–Crippen MR) is 198 cm³/mol. The maximum absolute atomic E-state index is 2.41. The number of hydrogen-bond acceptors (Lipinski definition) is 1. The largest absolute Gasteiger partial charge is 0.310 e. The van der Waals surface area contributed by atoms with Gasteiger partial charge in [0.05, 0.1) is 16.7 Å². The van der Waals surface area contributed by atoms with Gasteiger partial charge in [-0.15, -0.1) is 0 Å². The average molecular weight is 603 g/mol. The van der Waals surface area contributed by atoms with E-state index in [2.05, 4.69) is 193 Å². The Morgan fingerprint density at radius 3 is 1.87 bits per heavy atom. The number of rotatable bonds is 5. The van der Waals surface area contributed by atoms with Crippen molar-refractivity contribution < 1.29 is 0 Å². The predicted octanol–water partition coefficient (Wildman–Crippen LogP) is 12.2. The molecule has 2 heteroatoms. The van der Waals surface area contributed by atoms with Crippen LogP contribution in [0.4, 0.5) is 17.1 Å². The van der Waals surface area contributed by atoms with E-state index in [1.54, 1.807) is 0 Å². The molecule has 1 aliphatic rings. The Morgan fingerprint density at radius 2 is 1.06 bits per heavy atom. The van der Waals surface area contributed by atoms with Crippen molar-refractivity contribution >= 4 is 38.9 Å². The topological polar surface area (TPSA) is 8.17 Å². The van der Waals surface area contributed by atoms with E-state index in [-0.39, 0.29) is 5.41 Å². The van der Waals surface area contributed by atoms with E-state index in [1.807, 2.05) is 0 Å². The lowest BCUT2D eigenvalue weighted by atomic mass is 9.79. The van der Waals surface area contributed by atoms with E-state index in [0.29, 0.717) is 0 Å². The van der Waals surface area contributed by atoms with Crippen LogP contribution in [0.15, 0.2) is 170 Å². The maximum atomic E-state index is 2.41. The summed E-state index contributed by atoms with van der Waals surface area (Å²) in [6.07, 6.45) is 0. The van der Waals surface area contributed by atoms with Crippen LogP contribution in [-0.2, 0) is 5.41 Å². The monoisotopic (exact) mass is 602 g/mol. The van der Waals surface area contributed by atoms with Crippen molar-refractivity contribution in [2.24, 2.45) is 0 Å². The molecule has 0 radical (unpaired) electrons. The van der Waals surface area contributed by atoms with Crippen molar-refractivity contribution in [1.29, 1.82) is 0 Å². The van der Waals surface area contributed by atoms with Crippen LogP contribution < -0.4 is 4.90 Å². The molecule has 0 unspecified atom stereocenters. The minimum atomic E-state index is -0.0696. The standard InChI is InChI=1S/C45H34N2/c1-45(2)39-23-11-9-19-36(39)37-22-13-21-35(44(37)45)31-27-29-34(30-28-31)46(32-15-5-3-6-16-32)41-25-14-26-42-43(41)38-20-10-12-24-40(38)47(42)33-17-7-4-8-18-33/h3-30H,1-2H3. The fraction of sp³-hybridized carbons (Fsp3) is 0.0667. The highest BCUT2D eigenvalue weighted by molar-refractivity contribution is 6.16. The summed E-state index contributed by atoms with van der Waals surface area (Å²) < 4.78 is 2.39. The summed E-state index contributed by atoms with van der Waals surface area (Å²) in [5.41, 5.74) is 14.9. The molecule has 9 rings (SSSR count). The molecule has 0 atom stereocenters. The molecule has 0 saturated heterocycles. The van der Waals surface area contributed by atoms with Crippen LogP contribution in [0.5, 0.6) is 0 Å². The van der Waals surface area contributed by atoms with Gasteiger partial charge in [-0.1, -0.05) is 129 Å². The second kappa shape index (κ2) is 10.6. The highest BCUT2D eigenvalue weighted by atomic mass is 15.1. The molecule has 0 aliphatic heterocycles. The highest BCUT2D eigenvalue weighted by Crippen LogP contribution is 2.52. The first-order chi connectivity index (χ1) is 23.1. The van der Waals surface area contributed by atoms with Gasteiger partial charge in [0.25, 0.3) is 0 Å². The number of hydrogen-bond donors (Lipinski definition) is 0. The molecule has 0 bridgehead atoms. The number of anilines is 3. The van der Waals surface area contributed by atoms with Gasteiger partial charge in [-0.25, -0.2) is 0 Å². The van der Waals surface area contributed by atoms with Crippen LogP contribution in [-0.4, -0.2) is 4.57 Å². The Bertz CT molecular complexity index is 2420. The minimum absolute atomic E-state index is 0.0696. The van der Waals surface area contributed by atoms with Crippen LogP contribution in [0.2, 0.25) is 0 Å². The zero-order chi connectivity index (χ0) is 31.5. The lowest BCUT2D eigenvalue weighted by Gasteiger charge is -2.27. The molecule has 2 nitrogen and oxygen atoms in total. The summed E-state index contributed by atoms with van der Waals surface area (Å²) in [6, 6.07) is 61.7. The van der Waals surface area contributed by atoms with E-state index in [4.69, 9.17) is 0 Å². The third kappa shape index (κ3) is 4.18. The van der Waals surface area contributed by atoms with Crippen LogP contribution in [0.25, 0.3) is 49.7 Å². The molecule has 0 N–H and O–H groups in total. The van der Waals surface area contributed by atoms with E-state index in [9.17, 15) is 0 Å². The molecule has 0 fully saturated rings. The van der Waals surface area contributed by atoms with Gasteiger partial charge in [0, 0.05) is 33.2 Å². The number of benzene rings is 7. The summed E-state index contributed by atoms with van der Waals surface area (Å²) >= 11 is 0. The smallest absolute Gasteiger partial charge is 0.0562 e. The van der Waals surface area contributed by atoms with E-state index in [0.717, 1.165) is 22.7 Å². The molecule has 224 valence electrons. The third-order valence-electron chi connectivity index (χ3n) is 9.96. The Kier molecular flexibility index (Phi) is 6.20. The molecule has 7 aromatic carbocycles. The zero-order valence-corrected chi connectivity index (χ0v) is 26.6. The number of fused-ring (bicyclic) bond motifs is 6. The van der Waals surface area contributed by atoms with Gasteiger partial charge in [-0.05, 0) is 88.0 Å². The molecule has 0 amide bonds. The Hall–Kier alpha value is -5.86. The van der Waals surface area contributed by atoms with Gasteiger partial charge < -0.3 is 9.47 Å². The molecular formula is C45H34N2. The number of aromatic nitrogens is 1. The van der Waals surface area contributed by atoms with Gasteiger partial charge in [-0.2, -0.15) is 0 Å². The Morgan fingerprint density at radius 1 is 0.468 bits per heavy atom. The first-order valence-electron chi connectivity index (χ1n) is 16.4. The number of nitrogens with zero attached hydrogens (tertiary/aromatic N) is 2. The number of para-hydroxylation sites is 3. The van der Waals surface area contributed by atoms with Gasteiger partial charge in [0.15, 0.2) is 0 Å². The molecule has 0 saturated carbocycles. The molecule has 1 heterocycles. The van der Waals surface area contributed by atoms with Gasteiger partial charge >= 0.3 is 0 Å². The van der Waals surface area contributed by atoms with E-state index >= 15 is 0 Å². The maximum Gasteiger partial charge on any atom is 0.0562 e. The molecule has 1 aliphatic carbocycles. The second-order valence-corrected chi connectivity index (χ2v) is 13.0. The summed E-state index contributed by atoms with van der Waals surface area (Å²) in [5, 5.41) is 2.47. The molecule has 0 spiro atoms. The molecule has 8 aromatic rings. The fourth-order valence-corrected chi connectivity index (χ4v) is 7.92. The SMILES string of the molecule is CC1(C)c2ccccc2-c2cccc(-c3ccc(N(c4ccccc4)c4cccc5c4c4ccccc4n5-c4ccccc4)cc3)c21. The summed E-state index contributed by atoms with van der Waals surface area (Å²) in [5.74, 6) is 0. The fourth-order valence-electron chi connectivity index (χ4n) is 7.92. The van der Waals surface area contributed by atoms with Crippen molar-refractivity contribution in [2.45, 2.75) is 19.3 Å². The Labute approximate surface area is 275 Å². The zero-order valence-electron chi connectivity index (χ0n) is 26.6. The van der Waals surface area contributed by atoms with Crippen molar-refractivity contribution in [3.05, 3.63) is 181 Å². The summed E-state index contributed by atoms with van der Waals surface area (Å²) in [6.45, 7) is 4.72. The van der Waals surface area contributed by atoms with Gasteiger partial charge in [0.1, 0.15) is 0 Å². The first kappa shape index (κ1) is 27.5. The lowest BCUT2D eigenvalue weighted by molar-refractivity contribution is 0.662.